The molecule has 0 spiro atoms. The molecule has 0 aromatic carbocycles. The lowest BCUT2D eigenvalue weighted by Gasteiger charge is -2.33. The number of carboxylic acids is 1. The standard InChI is InChI=1S/C11H18N2O3S/c1-12(5-8-3-2-4-8)11(16)13-7-17-6-9(13)10(14)15/h8-9H,2-7H2,1H3,(H,14,15). The molecule has 1 unspecified atom stereocenters. The van der Waals surface area contributed by atoms with Gasteiger partial charge in [0, 0.05) is 19.3 Å². The van der Waals surface area contributed by atoms with Crippen molar-refractivity contribution in [2.45, 2.75) is 25.3 Å². The van der Waals surface area contributed by atoms with Crippen LogP contribution in [0.3, 0.4) is 0 Å². The Balaban J connectivity index is 1.90. The zero-order valence-corrected chi connectivity index (χ0v) is 10.8. The van der Waals surface area contributed by atoms with E-state index in [-0.39, 0.29) is 6.03 Å². The van der Waals surface area contributed by atoms with Gasteiger partial charge in [-0.2, -0.15) is 0 Å². The maximum Gasteiger partial charge on any atom is 0.327 e. The fourth-order valence-electron chi connectivity index (χ4n) is 2.20. The molecular formula is C11H18N2O3S. The van der Waals surface area contributed by atoms with E-state index in [4.69, 9.17) is 5.11 Å². The molecular weight excluding hydrogens is 240 g/mol. The minimum atomic E-state index is -0.902. The quantitative estimate of drug-likeness (QED) is 0.829. The summed E-state index contributed by atoms with van der Waals surface area (Å²) in [5, 5.41) is 9.03. The number of carboxylic acid groups (broad SMARTS) is 1. The number of hydrogen-bond acceptors (Lipinski definition) is 3. The van der Waals surface area contributed by atoms with E-state index >= 15 is 0 Å². The number of aliphatic carboxylic acids is 1. The SMILES string of the molecule is CN(CC1CCC1)C(=O)N1CSCC1C(=O)O. The molecule has 0 bridgehead atoms. The fourth-order valence-corrected chi connectivity index (χ4v) is 3.33. The molecule has 1 atom stereocenters. The van der Waals surface area contributed by atoms with Gasteiger partial charge in [0.05, 0.1) is 5.88 Å². The molecule has 0 aromatic heterocycles. The van der Waals surface area contributed by atoms with Crippen LogP contribution in [-0.4, -0.2) is 58.2 Å². The zero-order chi connectivity index (χ0) is 12.4. The number of hydrogen-bond donors (Lipinski definition) is 1. The van der Waals surface area contributed by atoms with Gasteiger partial charge < -0.3 is 14.9 Å². The van der Waals surface area contributed by atoms with Crippen molar-refractivity contribution in [3.8, 4) is 0 Å². The number of urea groups is 1. The molecule has 5 nitrogen and oxygen atoms in total. The molecule has 6 heteroatoms. The van der Waals surface area contributed by atoms with Gasteiger partial charge >= 0.3 is 12.0 Å². The number of rotatable bonds is 3. The van der Waals surface area contributed by atoms with Crippen LogP contribution in [0.5, 0.6) is 0 Å². The largest absolute Gasteiger partial charge is 0.480 e. The van der Waals surface area contributed by atoms with Gasteiger partial charge in [-0.3, -0.25) is 0 Å². The molecule has 1 saturated heterocycles. The van der Waals surface area contributed by atoms with Crippen LogP contribution < -0.4 is 0 Å². The maximum atomic E-state index is 12.1. The molecule has 1 heterocycles. The summed E-state index contributed by atoms with van der Waals surface area (Å²) in [5.41, 5.74) is 0. The lowest BCUT2D eigenvalue weighted by atomic mass is 9.85. The highest BCUT2D eigenvalue weighted by atomic mass is 32.2. The lowest BCUT2D eigenvalue weighted by molar-refractivity contribution is -0.140. The van der Waals surface area contributed by atoms with Crippen LogP contribution in [0.1, 0.15) is 19.3 Å². The van der Waals surface area contributed by atoms with E-state index in [9.17, 15) is 9.59 Å². The van der Waals surface area contributed by atoms with Gasteiger partial charge in [0.2, 0.25) is 0 Å². The Hall–Kier alpha value is -0.910. The predicted molar refractivity (Wildman–Crippen MR) is 66.0 cm³/mol. The highest BCUT2D eigenvalue weighted by molar-refractivity contribution is 7.99. The lowest BCUT2D eigenvalue weighted by Crippen LogP contribution is -2.48. The van der Waals surface area contributed by atoms with E-state index in [0.29, 0.717) is 17.5 Å². The molecule has 2 aliphatic rings. The molecule has 0 radical (unpaired) electrons. The van der Waals surface area contributed by atoms with Crippen molar-refractivity contribution in [1.29, 1.82) is 0 Å². The first-order chi connectivity index (χ1) is 8.09. The van der Waals surface area contributed by atoms with E-state index in [1.165, 1.54) is 35.9 Å². The molecule has 17 heavy (non-hydrogen) atoms. The second kappa shape index (κ2) is 5.16. The molecule has 1 N–H and O–H groups in total. The molecule has 96 valence electrons. The van der Waals surface area contributed by atoms with Gasteiger partial charge in [-0.1, -0.05) is 6.42 Å². The molecule has 2 fully saturated rings. The van der Waals surface area contributed by atoms with Crippen molar-refractivity contribution < 1.29 is 14.7 Å². The van der Waals surface area contributed by atoms with Crippen LogP contribution in [0.15, 0.2) is 0 Å². The van der Waals surface area contributed by atoms with Crippen molar-refractivity contribution in [2.24, 2.45) is 5.92 Å². The Bertz CT molecular complexity index is 320. The molecule has 1 aliphatic heterocycles. The van der Waals surface area contributed by atoms with Gasteiger partial charge in [0.25, 0.3) is 0 Å². The molecule has 1 saturated carbocycles. The predicted octanol–water partition coefficient (Wildman–Crippen LogP) is 1.30. The Morgan fingerprint density at radius 2 is 2.18 bits per heavy atom. The third kappa shape index (κ3) is 2.68. The van der Waals surface area contributed by atoms with Crippen molar-refractivity contribution in [2.75, 3.05) is 25.2 Å². The summed E-state index contributed by atoms with van der Waals surface area (Å²) in [6.07, 6.45) is 3.63. The third-order valence-electron chi connectivity index (χ3n) is 3.50. The van der Waals surface area contributed by atoms with E-state index < -0.39 is 12.0 Å². The van der Waals surface area contributed by atoms with Gasteiger partial charge in [-0.25, -0.2) is 9.59 Å². The van der Waals surface area contributed by atoms with Gasteiger partial charge in [0.15, 0.2) is 0 Å². The van der Waals surface area contributed by atoms with Crippen LogP contribution in [0, 0.1) is 5.92 Å². The maximum absolute atomic E-state index is 12.1. The van der Waals surface area contributed by atoms with E-state index in [1.807, 2.05) is 0 Å². The van der Waals surface area contributed by atoms with Crippen molar-refractivity contribution in [3.05, 3.63) is 0 Å². The van der Waals surface area contributed by atoms with Crippen LogP contribution in [0.2, 0.25) is 0 Å². The monoisotopic (exact) mass is 258 g/mol. The Morgan fingerprint density at radius 3 is 2.71 bits per heavy atom. The van der Waals surface area contributed by atoms with Crippen LogP contribution >= 0.6 is 11.8 Å². The Labute approximate surface area is 105 Å². The smallest absolute Gasteiger partial charge is 0.327 e. The number of amides is 2. The van der Waals surface area contributed by atoms with Gasteiger partial charge in [-0.05, 0) is 18.8 Å². The minimum absolute atomic E-state index is 0.144. The number of thioether (sulfide) groups is 1. The normalized spacial score (nSPS) is 24.5. The van der Waals surface area contributed by atoms with Gasteiger partial charge in [-0.15, -0.1) is 11.8 Å². The summed E-state index contributed by atoms with van der Waals surface area (Å²) in [6.45, 7) is 0.756. The van der Waals surface area contributed by atoms with Crippen LogP contribution in [0.4, 0.5) is 4.79 Å². The highest BCUT2D eigenvalue weighted by Gasteiger charge is 2.36. The van der Waals surface area contributed by atoms with Crippen molar-refractivity contribution in [3.63, 3.8) is 0 Å². The summed E-state index contributed by atoms with van der Waals surface area (Å²) >= 11 is 1.50. The first kappa shape index (κ1) is 12.5. The second-order valence-corrected chi connectivity index (χ2v) is 5.78. The molecule has 0 aromatic rings. The minimum Gasteiger partial charge on any atom is -0.480 e. The second-order valence-electron chi connectivity index (χ2n) is 4.78. The molecule has 2 rings (SSSR count). The molecule has 1 aliphatic carbocycles. The zero-order valence-electron chi connectivity index (χ0n) is 9.96. The van der Waals surface area contributed by atoms with E-state index in [0.717, 1.165) is 6.54 Å². The van der Waals surface area contributed by atoms with E-state index in [1.54, 1.807) is 11.9 Å². The third-order valence-corrected chi connectivity index (χ3v) is 4.51. The Kier molecular flexibility index (Phi) is 3.81. The average molecular weight is 258 g/mol. The fraction of sp³-hybridized carbons (Fsp3) is 0.818. The topological polar surface area (TPSA) is 60.9 Å². The van der Waals surface area contributed by atoms with Crippen molar-refractivity contribution >= 4 is 23.8 Å². The first-order valence-corrected chi connectivity index (χ1v) is 7.07. The summed E-state index contributed by atoms with van der Waals surface area (Å²) in [6, 6.07) is -0.800. The van der Waals surface area contributed by atoms with Gasteiger partial charge in [0.1, 0.15) is 6.04 Å². The number of carbonyl (C=O) groups excluding carboxylic acids is 1. The summed E-state index contributed by atoms with van der Waals surface area (Å²) in [4.78, 5) is 26.2. The first-order valence-electron chi connectivity index (χ1n) is 5.92. The summed E-state index contributed by atoms with van der Waals surface area (Å²) < 4.78 is 0. The Morgan fingerprint density at radius 1 is 1.47 bits per heavy atom. The summed E-state index contributed by atoms with van der Waals surface area (Å²) in [5.74, 6) is 0.700. The van der Waals surface area contributed by atoms with E-state index in [2.05, 4.69) is 0 Å². The molecule has 2 amide bonds. The average Bonchev–Trinajstić information content (AvgIpc) is 2.70. The van der Waals surface area contributed by atoms with Crippen molar-refractivity contribution in [1.82, 2.24) is 9.80 Å². The van der Waals surface area contributed by atoms with Crippen LogP contribution in [0.25, 0.3) is 0 Å². The summed E-state index contributed by atoms with van der Waals surface area (Å²) in [7, 11) is 1.77. The van der Waals surface area contributed by atoms with Crippen LogP contribution in [-0.2, 0) is 4.79 Å². The number of nitrogens with zero attached hydrogens (tertiary/aromatic N) is 2. The number of carbonyl (C=O) groups is 2. The highest BCUT2D eigenvalue weighted by Crippen LogP contribution is 2.28.